The van der Waals surface area contributed by atoms with Gasteiger partial charge in [0.1, 0.15) is 0 Å². The Morgan fingerprint density at radius 2 is 2.00 bits per heavy atom. The van der Waals surface area contributed by atoms with Crippen LogP contribution in [0.25, 0.3) is 0 Å². The molecule has 1 saturated heterocycles. The van der Waals surface area contributed by atoms with E-state index in [1.54, 1.807) is 0 Å². The number of nitrogens with one attached hydrogen (secondary N) is 1. The van der Waals surface area contributed by atoms with E-state index in [2.05, 4.69) is 34.5 Å². The highest BCUT2D eigenvalue weighted by Gasteiger charge is 2.26. The first-order valence-electron chi connectivity index (χ1n) is 10.2. The molecule has 4 nitrogen and oxygen atoms in total. The number of likely N-dealkylation sites (tertiary alicyclic amines) is 1. The summed E-state index contributed by atoms with van der Waals surface area (Å²) in [5.41, 5.74) is 4.77. The second kappa shape index (κ2) is 8.54. The molecular formula is C23H28ClN3O. The summed E-state index contributed by atoms with van der Waals surface area (Å²) >= 11 is 6.08. The average Bonchev–Trinajstić information content (AvgIpc) is 2.71. The van der Waals surface area contributed by atoms with Crippen molar-refractivity contribution in [2.24, 2.45) is 5.92 Å². The number of nitrogens with zero attached hydrogens (tertiary/aromatic N) is 2. The Labute approximate surface area is 172 Å². The van der Waals surface area contributed by atoms with Gasteiger partial charge in [-0.15, -0.1) is 0 Å². The second-order valence-corrected chi connectivity index (χ2v) is 8.53. The van der Waals surface area contributed by atoms with E-state index in [1.807, 2.05) is 30.0 Å². The van der Waals surface area contributed by atoms with Crippen LogP contribution in [-0.4, -0.2) is 42.0 Å². The van der Waals surface area contributed by atoms with Gasteiger partial charge in [0, 0.05) is 43.4 Å². The van der Waals surface area contributed by atoms with Gasteiger partial charge in [-0.2, -0.15) is 0 Å². The molecule has 1 fully saturated rings. The molecule has 2 aliphatic heterocycles. The van der Waals surface area contributed by atoms with Crippen LogP contribution in [0.2, 0.25) is 5.02 Å². The molecule has 0 spiro atoms. The molecule has 0 saturated carbocycles. The number of halogens is 1. The van der Waals surface area contributed by atoms with Crippen LogP contribution in [-0.2, 0) is 13.0 Å². The lowest BCUT2D eigenvalue weighted by molar-refractivity contribution is 0.140. The number of benzene rings is 2. The van der Waals surface area contributed by atoms with Gasteiger partial charge in [0.05, 0.1) is 0 Å². The number of aryl methyl sites for hydroxylation is 1. The number of hydrogen-bond donors (Lipinski definition) is 1. The quantitative estimate of drug-likeness (QED) is 0.795. The number of carbonyl (C=O) groups is 1. The van der Waals surface area contributed by atoms with Crippen molar-refractivity contribution < 1.29 is 4.79 Å². The van der Waals surface area contributed by atoms with E-state index in [1.165, 1.54) is 17.5 Å². The van der Waals surface area contributed by atoms with Gasteiger partial charge >= 0.3 is 6.03 Å². The summed E-state index contributed by atoms with van der Waals surface area (Å²) in [6.45, 7) is 6.84. The first-order valence-corrected chi connectivity index (χ1v) is 10.6. The van der Waals surface area contributed by atoms with E-state index < -0.39 is 0 Å². The molecule has 2 aromatic rings. The molecule has 0 aromatic heterocycles. The molecule has 1 atom stereocenters. The number of amides is 2. The molecule has 2 aliphatic rings. The minimum absolute atomic E-state index is 0.0148. The van der Waals surface area contributed by atoms with Crippen molar-refractivity contribution in [2.75, 3.05) is 31.5 Å². The van der Waals surface area contributed by atoms with E-state index in [0.29, 0.717) is 10.9 Å². The summed E-state index contributed by atoms with van der Waals surface area (Å²) in [5, 5.41) is 3.69. The molecule has 1 unspecified atom stereocenters. The van der Waals surface area contributed by atoms with Crippen molar-refractivity contribution in [3.63, 3.8) is 0 Å². The number of rotatable bonds is 3. The Hall–Kier alpha value is -2.04. The molecule has 0 aliphatic carbocycles. The fourth-order valence-electron chi connectivity index (χ4n) is 4.40. The number of carbonyl (C=O) groups excluding carboxylic acids is 1. The van der Waals surface area contributed by atoms with Gasteiger partial charge in [-0.1, -0.05) is 41.9 Å². The molecule has 28 heavy (non-hydrogen) atoms. The highest BCUT2D eigenvalue weighted by Crippen LogP contribution is 2.25. The molecule has 1 N–H and O–H groups in total. The highest BCUT2D eigenvalue weighted by atomic mass is 35.5. The maximum atomic E-state index is 12.8. The Morgan fingerprint density at radius 3 is 2.86 bits per heavy atom. The number of anilines is 1. The van der Waals surface area contributed by atoms with Gasteiger partial charge in [-0.3, -0.25) is 4.90 Å². The SMILES string of the molecule is Cc1ccc(Cl)cc1NC(=O)N1CCCC(CN2CCc3ccccc3C2)C1. The van der Waals surface area contributed by atoms with Crippen LogP contribution in [0.1, 0.15) is 29.5 Å². The molecule has 2 amide bonds. The predicted molar refractivity (Wildman–Crippen MR) is 115 cm³/mol. The van der Waals surface area contributed by atoms with Crippen LogP contribution in [0, 0.1) is 12.8 Å². The average molecular weight is 398 g/mol. The largest absolute Gasteiger partial charge is 0.324 e. The second-order valence-electron chi connectivity index (χ2n) is 8.10. The third-order valence-corrected chi connectivity index (χ3v) is 6.21. The fraction of sp³-hybridized carbons (Fsp3) is 0.435. The Morgan fingerprint density at radius 1 is 1.18 bits per heavy atom. The van der Waals surface area contributed by atoms with Crippen molar-refractivity contribution in [2.45, 2.75) is 32.7 Å². The molecule has 4 rings (SSSR count). The lowest BCUT2D eigenvalue weighted by atomic mass is 9.95. The van der Waals surface area contributed by atoms with E-state index in [4.69, 9.17) is 11.6 Å². The third kappa shape index (κ3) is 4.50. The van der Waals surface area contributed by atoms with Crippen LogP contribution in [0.5, 0.6) is 0 Å². The van der Waals surface area contributed by atoms with E-state index in [9.17, 15) is 4.79 Å². The van der Waals surface area contributed by atoms with Crippen molar-refractivity contribution >= 4 is 23.3 Å². The monoisotopic (exact) mass is 397 g/mol. The van der Waals surface area contributed by atoms with Crippen LogP contribution >= 0.6 is 11.6 Å². The van der Waals surface area contributed by atoms with Crippen LogP contribution < -0.4 is 5.32 Å². The predicted octanol–water partition coefficient (Wildman–Crippen LogP) is 4.95. The molecule has 0 radical (unpaired) electrons. The van der Waals surface area contributed by atoms with E-state index in [0.717, 1.165) is 56.8 Å². The Bertz CT molecular complexity index is 853. The first kappa shape index (κ1) is 19.3. The summed E-state index contributed by atoms with van der Waals surface area (Å²) in [5.74, 6) is 0.533. The van der Waals surface area contributed by atoms with Gasteiger partial charge in [0.2, 0.25) is 0 Å². The van der Waals surface area contributed by atoms with E-state index in [-0.39, 0.29) is 6.03 Å². The molecule has 148 valence electrons. The fourth-order valence-corrected chi connectivity index (χ4v) is 4.57. The molecule has 0 bridgehead atoms. The summed E-state index contributed by atoms with van der Waals surface area (Å²) in [6.07, 6.45) is 3.39. The smallest absolute Gasteiger partial charge is 0.321 e. The van der Waals surface area contributed by atoms with Gasteiger partial charge in [0.25, 0.3) is 0 Å². The Kier molecular flexibility index (Phi) is 5.88. The first-order chi connectivity index (χ1) is 13.6. The Balaban J connectivity index is 1.34. The van der Waals surface area contributed by atoms with Gasteiger partial charge < -0.3 is 10.2 Å². The maximum Gasteiger partial charge on any atom is 0.321 e. The lowest BCUT2D eigenvalue weighted by Crippen LogP contribution is -2.46. The van der Waals surface area contributed by atoms with Crippen LogP contribution in [0.15, 0.2) is 42.5 Å². The zero-order valence-electron chi connectivity index (χ0n) is 16.5. The number of fused-ring (bicyclic) bond motifs is 1. The summed E-state index contributed by atoms with van der Waals surface area (Å²) in [4.78, 5) is 17.3. The van der Waals surface area contributed by atoms with Crippen molar-refractivity contribution in [3.05, 3.63) is 64.2 Å². The van der Waals surface area contributed by atoms with Crippen LogP contribution in [0.4, 0.5) is 10.5 Å². The molecule has 5 heteroatoms. The summed E-state index contributed by atoms with van der Waals surface area (Å²) in [7, 11) is 0. The number of hydrogen-bond acceptors (Lipinski definition) is 2. The van der Waals surface area contributed by atoms with Gasteiger partial charge in [0.15, 0.2) is 0 Å². The van der Waals surface area contributed by atoms with Crippen LogP contribution in [0.3, 0.4) is 0 Å². The topological polar surface area (TPSA) is 35.6 Å². The summed E-state index contributed by atoms with van der Waals surface area (Å²) in [6, 6.07) is 14.3. The minimum Gasteiger partial charge on any atom is -0.324 e. The zero-order valence-corrected chi connectivity index (χ0v) is 17.2. The maximum absolute atomic E-state index is 12.8. The van der Waals surface area contributed by atoms with Crippen molar-refractivity contribution in [3.8, 4) is 0 Å². The highest BCUT2D eigenvalue weighted by molar-refractivity contribution is 6.31. The summed E-state index contributed by atoms with van der Waals surface area (Å²) < 4.78 is 0. The molecule has 2 heterocycles. The number of piperidine rings is 1. The zero-order chi connectivity index (χ0) is 19.5. The van der Waals surface area contributed by atoms with Crippen molar-refractivity contribution in [1.82, 2.24) is 9.80 Å². The lowest BCUT2D eigenvalue weighted by Gasteiger charge is -2.37. The van der Waals surface area contributed by atoms with Gasteiger partial charge in [-0.05, 0) is 60.9 Å². The molecule has 2 aromatic carbocycles. The third-order valence-electron chi connectivity index (χ3n) is 5.97. The van der Waals surface area contributed by atoms with E-state index >= 15 is 0 Å². The molecular weight excluding hydrogens is 370 g/mol. The minimum atomic E-state index is -0.0148. The van der Waals surface area contributed by atoms with Gasteiger partial charge in [-0.25, -0.2) is 4.79 Å². The number of urea groups is 1. The normalized spacial score (nSPS) is 19.9. The van der Waals surface area contributed by atoms with Crippen molar-refractivity contribution in [1.29, 1.82) is 0 Å². The standard InChI is InChI=1S/C23H28ClN3O/c1-17-8-9-21(24)13-22(17)25-23(28)27-11-4-5-18(15-27)14-26-12-10-19-6-2-3-7-20(19)16-26/h2-3,6-9,13,18H,4-5,10-12,14-16H2,1H3,(H,25,28).